The fourth-order valence-corrected chi connectivity index (χ4v) is 2.04. The van der Waals surface area contributed by atoms with Crippen LogP contribution >= 0.6 is 0 Å². The Hall–Kier alpha value is -1.30. The quantitative estimate of drug-likeness (QED) is 0.786. The summed E-state index contributed by atoms with van der Waals surface area (Å²) in [4.78, 5) is 28.9. The lowest BCUT2D eigenvalue weighted by atomic mass is 9.80. The molecule has 0 aromatic heterocycles. The Labute approximate surface area is 120 Å². The number of carbonyl (C=O) groups is 2. The fraction of sp³-hybridized carbons (Fsp3) is 0.857. The van der Waals surface area contributed by atoms with E-state index in [9.17, 15) is 9.59 Å². The number of likely N-dealkylation sites (N-methyl/N-ethyl adjacent to an activating group) is 1. The van der Waals surface area contributed by atoms with Crippen molar-refractivity contribution in [1.29, 1.82) is 0 Å². The van der Waals surface area contributed by atoms with Gasteiger partial charge in [0.2, 0.25) is 0 Å². The maximum atomic E-state index is 12.2. The summed E-state index contributed by atoms with van der Waals surface area (Å²) < 4.78 is 5.20. The van der Waals surface area contributed by atoms with Crippen molar-refractivity contribution in [2.75, 3.05) is 14.2 Å². The van der Waals surface area contributed by atoms with Crippen molar-refractivity contribution in [2.45, 2.75) is 58.1 Å². The predicted molar refractivity (Wildman–Crippen MR) is 74.9 cm³/mol. The van der Waals surface area contributed by atoms with E-state index < -0.39 is 17.7 Å². The predicted octanol–water partition coefficient (Wildman–Crippen LogP) is 2.09. The zero-order valence-corrected chi connectivity index (χ0v) is 13.1. The summed E-state index contributed by atoms with van der Waals surface area (Å²) in [6.45, 7) is 5.36. The van der Waals surface area contributed by atoms with Gasteiger partial charge < -0.3 is 10.1 Å². The number of ether oxygens (including phenoxy) is 1. The zero-order valence-electron chi connectivity index (χ0n) is 13.1. The number of rotatable bonds is 5. The SMILES string of the molecule is CON(C)C(=O)[C@@H](CC1CCC1)NC(=O)OC(C)(C)C. The van der Waals surface area contributed by atoms with E-state index in [0.29, 0.717) is 12.3 Å². The van der Waals surface area contributed by atoms with Crippen LogP contribution in [0.25, 0.3) is 0 Å². The van der Waals surface area contributed by atoms with Crippen LogP contribution in [0, 0.1) is 5.92 Å². The molecule has 2 amide bonds. The Morgan fingerprint density at radius 1 is 1.35 bits per heavy atom. The molecule has 0 unspecified atom stereocenters. The molecule has 20 heavy (non-hydrogen) atoms. The van der Waals surface area contributed by atoms with Crippen LogP contribution in [-0.4, -0.2) is 42.9 Å². The monoisotopic (exact) mass is 286 g/mol. The van der Waals surface area contributed by atoms with Crippen molar-refractivity contribution in [1.82, 2.24) is 10.4 Å². The van der Waals surface area contributed by atoms with Crippen LogP contribution in [0.2, 0.25) is 0 Å². The van der Waals surface area contributed by atoms with Crippen LogP contribution in [-0.2, 0) is 14.4 Å². The summed E-state index contributed by atoms with van der Waals surface area (Å²) in [5.41, 5.74) is -0.582. The van der Waals surface area contributed by atoms with Crippen LogP contribution in [0.3, 0.4) is 0 Å². The van der Waals surface area contributed by atoms with Gasteiger partial charge in [0, 0.05) is 7.05 Å². The van der Waals surface area contributed by atoms with E-state index in [1.807, 2.05) is 0 Å². The van der Waals surface area contributed by atoms with Crippen molar-refractivity contribution in [3.8, 4) is 0 Å². The average molecular weight is 286 g/mol. The number of nitrogens with zero attached hydrogens (tertiary/aromatic N) is 1. The number of hydrogen-bond donors (Lipinski definition) is 1. The molecule has 1 aliphatic carbocycles. The number of carbonyl (C=O) groups excluding carboxylic acids is 2. The summed E-state index contributed by atoms with van der Waals surface area (Å²) in [5, 5.41) is 3.79. The number of nitrogens with one attached hydrogen (secondary N) is 1. The lowest BCUT2D eigenvalue weighted by Gasteiger charge is -2.31. The van der Waals surface area contributed by atoms with Crippen molar-refractivity contribution in [2.24, 2.45) is 5.92 Å². The van der Waals surface area contributed by atoms with Gasteiger partial charge in [-0.15, -0.1) is 0 Å². The molecular formula is C14H26N2O4. The van der Waals surface area contributed by atoms with Gasteiger partial charge in [-0.3, -0.25) is 9.63 Å². The second kappa shape index (κ2) is 6.92. The van der Waals surface area contributed by atoms with Crippen LogP contribution in [0.1, 0.15) is 46.5 Å². The highest BCUT2D eigenvalue weighted by Gasteiger charge is 2.31. The molecule has 1 saturated carbocycles. The van der Waals surface area contributed by atoms with E-state index in [0.717, 1.165) is 17.9 Å². The van der Waals surface area contributed by atoms with Crippen LogP contribution < -0.4 is 5.32 Å². The molecule has 6 heteroatoms. The minimum atomic E-state index is -0.597. The number of hydroxylamine groups is 2. The Kier molecular flexibility index (Phi) is 5.80. The molecule has 0 aliphatic heterocycles. The third kappa shape index (κ3) is 5.36. The summed E-state index contributed by atoms with van der Waals surface area (Å²) in [7, 11) is 2.96. The number of alkyl carbamates (subject to hydrolysis) is 1. The molecule has 6 nitrogen and oxygen atoms in total. The third-order valence-corrected chi connectivity index (χ3v) is 3.37. The van der Waals surface area contributed by atoms with E-state index in [2.05, 4.69) is 5.32 Å². The van der Waals surface area contributed by atoms with Crippen LogP contribution in [0.15, 0.2) is 0 Å². The smallest absolute Gasteiger partial charge is 0.408 e. The Morgan fingerprint density at radius 2 is 1.95 bits per heavy atom. The maximum Gasteiger partial charge on any atom is 0.408 e. The van der Waals surface area contributed by atoms with Gasteiger partial charge in [0.1, 0.15) is 11.6 Å². The molecule has 0 aromatic rings. The first-order valence-corrected chi connectivity index (χ1v) is 7.04. The lowest BCUT2D eigenvalue weighted by molar-refractivity contribution is -0.171. The molecule has 0 spiro atoms. The lowest BCUT2D eigenvalue weighted by Crippen LogP contribution is -2.49. The van der Waals surface area contributed by atoms with Gasteiger partial charge in [0.05, 0.1) is 7.11 Å². The summed E-state index contributed by atoms with van der Waals surface area (Å²) in [6.07, 6.45) is 3.47. The summed E-state index contributed by atoms with van der Waals surface area (Å²) in [5.74, 6) is 0.231. The van der Waals surface area contributed by atoms with Crippen molar-refractivity contribution in [3.05, 3.63) is 0 Å². The highest BCUT2D eigenvalue weighted by molar-refractivity contribution is 5.84. The topological polar surface area (TPSA) is 67.9 Å². The van der Waals surface area contributed by atoms with Gasteiger partial charge in [-0.05, 0) is 33.1 Å². The zero-order chi connectivity index (χ0) is 15.3. The molecule has 1 aliphatic rings. The summed E-state index contributed by atoms with van der Waals surface area (Å²) >= 11 is 0. The first-order valence-electron chi connectivity index (χ1n) is 7.04. The standard InChI is InChI=1S/C14H26N2O4/c1-14(2,3)20-13(18)15-11(9-10-7-6-8-10)12(17)16(4)19-5/h10-11H,6-9H2,1-5H3,(H,15,18)/t11-/m1/s1. The van der Waals surface area contributed by atoms with Crippen LogP contribution in [0.4, 0.5) is 4.79 Å². The number of amides is 2. The molecular weight excluding hydrogens is 260 g/mol. The van der Waals surface area contributed by atoms with Gasteiger partial charge in [-0.2, -0.15) is 0 Å². The van der Waals surface area contributed by atoms with Gasteiger partial charge >= 0.3 is 6.09 Å². The highest BCUT2D eigenvalue weighted by Crippen LogP contribution is 2.30. The first kappa shape index (κ1) is 16.8. The molecule has 1 rings (SSSR count). The Morgan fingerprint density at radius 3 is 2.35 bits per heavy atom. The maximum absolute atomic E-state index is 12.2. The molecule has 0 saturated heterocycles. The third-order valence-electron chi connectivity index (χ3n) is 3.37. The van der Waals surface area contributed by atoms with Crippen molar-refractivity contribution in [3.63, 3.8) is 0 Å². The molecule has 0 aromatic carbocycles. The minimum Gasteiger partial charge on any atom is -0.444 e. The van der Waals surface area contributed by atoms with E-state index in [1.165, 1.54) is 20.6 Å². The molecule has 1 fully saturated rings. The Balaban J connectivity index is 2.61. The van der Waals surface area contributed by atoms with Crippen molar-refractivity contribution >= 4 is 12.0 Å². The van der Waals surface area contributed by atoms with E-state index in [1.54, 1.807) is 20.8 Å². The molecule has 0 radical (unpaired) electrons. The number of hydrogen-bond acceptors (Lipinski definition) is 4. The van der Waals surface area contributed by atoms with Gasteiger partial charge in [0.15, 0.2) is 0 Å². The van der Waals surface area contributed by atoms with E-state index in [-0.39, 0.29) is 5.91 Å². The largest absolute Gasteiger partial charge is 0.444 e. The van der Waals surface area contributed by atoms with Gasteiger partial charge in [0.25, 0.3) is 5.91 Å². The fourth-order valence-electron chi connectivity index (χ4n) is 2.04. The first-order chi connectivity index (χ1) is 9.23. The van der Waals surface area contributed by atoms with Gasteiger partial charge in [-0.25, -0.2) is 9.86 Å². The average Bonchev–Trinajstić information content (AvgIpc) is 2.27. The normalized spacial score (nSPS) is 17.1. The van der Waals surface area contributed by atoms with Crippen molar-refractivity contribution < 1.29 is 19.2 Å². The van der Waals surface area contributed by atoms with Gasteiger partial charge in [-0.1, -0.05) is 19.3 Å². The highest BCUT2D eigenvalue weighted by atomic mass is 16.7. The minimum absolute atomic E-state index is 0.259. The van der Waals surface area contributed by atoms with E-state index >= 15 is 0 Å². The molecule has 0 heterocycles. The second-order valence-electron chi connectivity index (χ2n) is 6.25. The molecule has 116 valence electrons. The van der Waals surface area contributed by atoms with E-state index in [4.69, 9.17) is 9.57 Å². The van der Waals surface area contributed by atoms with Crippen LogP contribution in [0.5, 0.6) is 0 Å². The summed E-state index contributed by atoms with van der Waals surface area (Å²) in [6, 6.07) is -0.597. The second-order valence-corrected chi connectivity index (χ2v) is 6.25. The Bertz CT molecular complexity index is 348. The molecule has 1 atom stereocenters. The molecule has 0 bridgehead atoms. The molecule has 1 N–H and O–H groups in total.